The van der Waals surface area contributed by atoms with E-state index in [1.54, 1.807) is 19.1 Å². The highest BCUT2D eigenvalue weighted by Crippen LogP contribution is 2.34. The number of urea groups is 1. The minimum atomic E-state index is -0.130. The molecule has 1 atom stereocenters. The lowest BCUT2D eigenvalue weighted by molar-refractivity contribution is 0.0918. The number of ether oxygens (including phenoxy) is 2. The van der Waals surface area contributed by atoms with Crippen molar-refractivity contribution < 1.29 is 19.1 Å². The molecule has 0 radical (unpaired) electrons. The second kappa shape index (κ2) is 13.4. The first-order valence-corrected chi connectivity index (χ1v) is 14.8. The molecule has 1 fully saturated rings. The van der Waals surface area contributed by atoms with Gasteiger partial charge >= 0.3 is 6.03 Å². The number of nitrogens with zero attached hydrogens (tertiary/aromatic N) is 3. The summed E-state index contributed by atoms with van der Waals surface area (Å²) in [7, 11) is 0. The number of benzene rings is 2. The van der Waals surface area contributed by atoms with Crippen molar-refractivity contribution in [1.29, 1.82) is 0 Å². The van der Waals surface area contributed by atoms with Crippen LogP contribution in [0.5, 0.6) is 11.5 Å². The average molecular weight is 592 g/mol. The van der Waals surface area contributed by atoms with Crippen LogP contribution in [0.3, 0.4) is 0 Å². The molecule has 0 saturated carbocycles. The Balaban J connectivity index is 1.16. The van der Waals surface area contributed by atoms with Crippen LogP contribution in [0, 0.1) is 13.8 Å². The van der Waals surface area contributed by atoms with Crippen molar-refractivity contribution in [1.82, 2.24) is 20.1 Å². The van der Waals surface area contributed by atoms with Crippen molar-refractivity contribution in [2.24, 2.45) is 0 Å². The summed E-state index contributed by atoms with van der Waals surface area (Å²) >= 11 is 6.02. The summed E-state index contributed by atoms with van der Waals surface area (Å²) in [5, 5.41) is 6.52. The maximum absolute atomic E-state index is 13.6. The predicted molar refractivity (Wildman–Crippen MR) is 163 cm³/mol. The Morgan fingerprint density at radius 3 is 2.55 bits per heavy atom. The van der Waals surface area contributed by atoms with Gasteiger partial charge in [0.1, 0.15) is 5.15 Å². The van der Waals surface area contributed by atoms with Crippen molar-refractivity contribution in [3.63, 3.8) is 0 Å². The Hall–Kier alpha value is -3.82. The molecule has 42 heavy (non-hydrogen) atoms. The van der Waals surface area contributed by atoms with Gasteiger partial charge in [-0.05, 0) is 69.4 Å². The first-order chi connectivity index (χ1) is 20.3. The molecular formula is C32H38ClN5O4. The molecule has 222 valence electrons. The van der Waals surface area contributed by atoms with E-state index in [1.165, 1.54) is 0 Å². The second-order valence-corrected chi connectivity index (χ2v) is 11.4. The molecule has 2 aromatic carbocycles. The highest BCUT2D eigenvalue weighted by atomic mass is 35.5. The minimum Gasteiger partial charge on any atom is -0.454 e. The van der Waals surface area contributed by atoms with Crippen LogP contribution in [0.1, 0.15) is 53.4 Å². The zero-order valence-electron chi connectivity index (χ0n) is 24.4. The van der Waals surface area contributed by atoms with E-state index in [0.29, 0.717) is 52.7 Å². The maximum atomic E-state index is 13.6. The fourth-order valence-electron chi connectivity index (χ4n) is 5.75. The number of fused-ring (bicyclic) bond motifs is 1. The van der Waals surface area contributed by atoms with Crippen LogP contribution in [0.2, 0.25) is 5.15 Å². The van der Waals surface area contributed by atoms with Gasteiger partial charge in [0.25, 0.3) is 5.91 Å². The van der Waals surface area contributed by atoms with Crippen molar-refractivity contribution in [3.05, 3.63) is 82.1 Å². The number of nitrogens with one attached hydrogen (secondary N) is 2. The number of pyridine rings is 1. The normalized spacial score (nSPS) is 15.7. The van der Waals surface area contributed by atoms with Gasteiger partial charge in [-0.25, -0.2) is 9.78 Å². The number of amides is 3. The molecule has 1 aromatic heterocycles. The van der Waals surface area contributed by atoms with E-state index in [4.69, 9.17) is 21.1 Å². The molecule has 0 bridgehead atoms. The molecule has 5 rings (SSSR count). The lowest BCUT2D eigenvalue weighted by atomic mass is 10.00. The molecule has 2 aliphatic heterocycles. The zero-order valence-corrected chi connectivity index (χ0v) is 25.1. The molecule has 1 saturated heterocycles. The molecule has 0 aliphatic carbocycles. The van der Waals surface area contributed by atoms with Gasteiger partial charge in [0, 0.05) is 50.0 Å². The fourth-order valence-corrected chi connectivity index (χ4v) is 6.04. The van der Waals surface area contributed by atoms with Crippen molar-refractivity contribution in [2.75, 3.05) is 31.7 Å². The number of anilines is 1. The number of carbonyl (C=O) groups is 2. The number of aromatic nitrogens is 1. The molecule has 2 N–H and O–H groups in total. The summed E-state index contributed by atoms with van der Waals surface area (Å²) in [6.07, 6.45) is 2.56. The number of carbonyl (C=O) groups excluding carboxylic acids is 2. The standard InChI is InChI=1S/C32H38ClN5O4/c1-21-17-29(33)35-23(3)30(21)31(39)34-14-11-22(2)37-15-12-26(13-16-37)38(19-24-7-5-4-6-8-24)32(40)36-25-9-10-27-28(18-25)42-20-41-27/h4-10,17-18,22,26H,11-16,19-20H2,1-3H3,(H,34,39)(H,36,40). The lowest BCUT2D eigenvalue weighted by Gasteiger charge is -2.40. The number of hydrogen-bond donors (Lipinski definition) is 2. The third kappa shape index (κ3) is 7.14. The number of likely N-dealkylation sites (tertiary alicyclic amines) is 1. The number of aryl methyl sites for hydroxylation is 2. The topological polar surface area (TPSA) is 96.0 Å². The van der Waals surface area contributed by atoms with Gasteiger partial charge in [0.15, 0.2) is 11.5 Å². The van der Waals surface area contributed by atoms with E-state index in [9.17, 15) is 9.59 Å². The highest BCUT2D eigenvalue weighted by Gasteiger charge is 2.30. The molecule has 10 heteroatoms. The Bertz CT molecular complexity index is 1390. The molecule has 0 spiro atoms. The van der Waals surface area contributed by atoms with Gasteiger partial charge in [0.2, 0.25) is 6.79 Å². The molecule has 9 nitrogen and oxygen atoms in total. The van der Waals surface area contributed by atoms with Crippen molar-refractivity contribution in [2.45, 2.75) is 58.7 Å². The van der Waals surface area contributed by atoms with Gasteiger partial charge in [-0.15, -0.1) is 0 Å². The monoisotopic (exact) mass is 591 g/mol. The van der Waals surface area contributed by atoms with Crippen LogP contribution >= 0.6 is 11.6 Å². The summed E-state index contributed by atoms with van der Waals surface area (Å²) in [6.45, 7) is 8.91. The summed E-state index contributed by atoms with van der Waals surface area (Å²) in [6, 6.07) is 17.5. The summed E-state index contributed by atoms with van der Waals surface area (Å²) in [5.41, 5.74) is 3.81. The largest absolute Gasteiger partial charge is 0.454 e. The second-order valence-electron chi connectivity index (χ2n) is 11.0. The maximum Gasteiger partial charge on any atom is 0.322 e. The van der Waals surface area contributed by atoms with E-state index in [-0.39, 0.29) is 24.8 Å². The molecular weight excluding hydrogens is 554 g/mol. The van der Waals surface area contributed by atoms with E-state index >= 15 is 0 Å². The first kappa shape index (κ1) is 29.7. The van der Waals surface area contributed by atoms with Gasteiger partial charge in [0.05, 0.1) is 11.3 Å². The lowest BCUT2D eigenvalue weighted by Crippen LogP contribution is -2.50. The van der Waals surface area contributed by atoms with E-state index in [0.717, 1.165) is 43.5 Å². The molecule has 3 aromatic rings. The zero-order chi connectivity index (χ0) is 29.6. The van der Waals surface area contributed by atoms with Crippen LogP contribution in [0.25, 0.3) is 0 Å². The van der Waals surface area contributed by atoms with Crippen LogP contribution in [-0.2, 0) is 6.54 Å². The van der Waals surface area contributed by atoms with E-state index < -0.39 is 0 Å². The molecule has 1 unspecified atom stereocenters. The van der Waals surface area contributed by atoms with Crippen LogP contribution in [-0.4, -0.2) is 65.2 Å². The first-order valence-electron chi connectivity index (χ1n) is 14.5. The third-order valence-electron chi connectivity index (χ3n) is 8.08. The Morgan fingerprint density at radius 2 is 1.81 bits per heavy atom. The highest BCUT2D eigenvalue weighted by molar-refractivity contribution is 6.29. The predicted octanol–water partition coefficient (Wildman–Crippen LogP) is 5.79. The molecule has 3 amide bonds. The van der Waals surface area contributed by atoms with Gasteiger partial charge in [-0.1, -0.05) is 41.9 Å². The molecule has 2 aliphatic rings. The average Bonchev–Trinajstić information content (AvgIpc) is 3.44. The summed E-state index contributed by atoms with van der Waals surface area (Å²) in [5.74, 6) is 1.20. The van der Waals surface area contributed by atoms with Crippen molar-refractivity contribution in [3.8, 4) is 11.5 Å². The van der Waals surface area contributed by atoms with Gasteiger partial charge in [-0.3, -0.25) is 4.79 Å². The summed E-state index contributed by atoms with van der Waals surface area (Å²) < 4.78 is 10.9. The number of rotatable bonds is 9. The van der Waals surface area contributed by atoms with E-state index in [1.807, 2.05) is 42.2 Å². The van der Waals surface area contributed by atoms with Crippen LogP contribution in [0.4, 0.5) is 10.5 Å². The quantitative estimate of drug-likeness (QED) is 0.306. The van der Waals surface area contributed by atoms with Gasteiger partial charge in [-0.2, -0.15) is 0 Å². The minimum absolute atomic E-state index is 0.103. The Morgan fingerprint density at radius 1 is 1.07 bits per heavy atom. The fraction of sp³-hybridized carbons (Fsp3) is 0.406. The SMILES string of the molecule is Cc1cc(Cl)nc(C)c1C(=O)NCCC(C)N1CCC(N(Cc2ccccc2)C(=O)Nc2ccc3c(c2)OCO3)CC1. The third-order valence-corrected chi connectivity index (χ3v) is 8.28. The number of halogens is 1. The number of piperidine rings is 1. The number of hydrogen-bond acceptors (Lipinski definition) is 6. The van der Waals surface area contributed by atoms with Crippen LogP contribution < -0.4 is 20.1 Å². The Labute approximate surface area is 252 Å². The van der Waals surface area contributed by atoms with Gasteiger partial charge < -0.3 is 29.9 Å². The van der Waals surface area contributed by atoms with Crippen LogP contribution in [0.15, 0.2) is 54.6 Å². The van der Waals surface area contributed by atoms with Crippen molar-refractivity contribution >= 4 is 29.2 Å². The summed E-state index contributed by atoms with van der Waals surface area (Å²) in [4.78, 5) is 35.0. The Kier molecular flexibility index (Phi) is 9.49. The van der Waals surface area contributed by atoms with E-state index in [2.05, 4.69) is 39.6 Å². The smallest absolute Gasteiger partial charge is 0.322 e. The molecule has 3 heterocycles.